The molecule has 0 aliphatic heterocycles. The van der Waals surface area contributed by atoms with Gasteiger partial charge in [0.05, 0.1) is 13.2 Å². The van der Waals surface area contributed by atoms with Crippen LogP contribution in [0.4, 0.5) is 0 Å². The summed E-state index contributed by atoms with van der Waals surface area (Å²) in [7, 11) is -4.38. The van der Waals surface area contributed by atoms with Crippen LogP contribution >= 0.6 is 7.82 Å². The van der Waals surface area contributed by atoms with Crippen molar-refractivity contribution in [2.24, 2.45) is 5.73 Å². The van der Waals surface area contributed by atoms with Crippen molar-refractivity contribution in [2.75, 3.05) is 26.4 Å². The monoisotopic (exact) mass is 1000 g/mol. The van der Waals surface area contributed by atoms with Crippen LogP contribution in [-0.4, -0.2) is 49.3 Å². The van der Waals surface area contributed by atoms with Gasteiger partial charge in [-0.2, -0.15) is 0 Å². The lowest BCUT2D eigenvalue weighted by atomic mass is 10.0. The fraction of sp³-hybridized carbons (Fsp3) is 0.733. The van der Waals surface area contributed by atoms with Crippen LogP contribution in [0, 0.1) is 0 Å². The Morgan fingerprint density at radius 1 is 0.443 bits per heavy atom. The van der Waals surface area contributed by atoms with Gasteiger partial charge in [-0.25, -0.2) is 4.57 Å². The van der Waals surface area contributed by atoms with E-state index in [4.69, 9.17) is 24.3 Å². The Morgan fingerprint density at radius 3 is 1.19 bits per heavy atom. The van der Waals surface area contributed by atoms with Gasteiger partial charge in [0, 0.05) is 19.4 Å². The van der Waals surface area contributed by atoms with Gasteiger partial charge < -0.3 is 20.1 Å². The number of carbonyl (C=O) groups is 2. The molecule has 0 aliphatic carbocycles. The number of hydrogen-bond acceptors (Lipinski definition) is 8. The summed E-state index contributed by atoms with van der Waals surface area (Å²) in [4.78, 5) is 34.9. The fourth-order valence-corrected chi connectivity index (χ4v) is 8.58. The molecular weight excluding hydrogens is 894 g/mol. The summed E-state index contributed by atoms with van der Waals surface area (Å²) >= 11 is 0. The molecule has 0 heterocycles. The van der Waals surface area contributed by atoms with E-state index in [1.165, 1.54) is 116 Å². The normalized spacial score (nSPS) is 13.7. The zero-order valence-electron chi connectivity index (χ0n) is 45.0. The Labute approximate surface area is 430 Å². The molecule has 0 aromatic heterocycles. The average molecular weight is 1000 g/mol. The average Bonchev–Trinajstić information content (AvgIpc) is 3.35. The van der Waals surface area contributed by atoms with Gasteiger partial charge in [0.1, 0.15) is 6.61 Å². The van der Waals surface area contributed by atoms with Crippen LogP contribution in [0.1, 0.15) is 251 Å². The summed E-state index contributed by atoms with van der Waals surface area (Å²) in [6.45, 7) is 3.56. The lowest BCUT2D eigenvalue weighted by Gasteiger charge is -2.19. The number of rotatable bonds is 53. The summed E-state index contributed by atoms with van der Waals surface area (Å²) in [5.74, 6) is -0.836. The molecule has 2 atom stereocenters. The van der Waals surface area contributed by atoms with E-state index < -0.39 is 32.5 Å². The van der Waals surface area contributed by atoms with E-state index in [-0.39, 0.29) is 32.6 Å². The summed E-state index contributed by atoms with van der Waals surface area (Å²) in [6.07, 6.45) is 72.5. The lowest BCUT2D eigenvalue weighted by molar-refractivity contribution is -0.161. The van der Waals surface area contributed by atoms with Crippen molar-refractivity contribution in [2.45, 2.75) is 258 Å². The molecule has 0 saturated heterocycles. The molecule has 0 aliphatic rings. The van der Waals surface area contributed by atoms with Gasteiger partial charge >= 0.3 is 19.8 Å². The Balaban J connectivity index is 3.77. The molecule has 0 bridgehead atoms. The Morgan fingerprint density at radius 2 is 0.786 bits per heavy atom. The second-order valence-corrected chi connectivity index (χ2v) is 20.2. The molecule has 0 rings (SSSR count). The van der Waals surface area contributed by atoms with Crippen molar-refractivity contribution >= 4 is 19.8 Å². The second-order valence-electron chi connectivity index (χ2n) is 18.8. The molecule has 0 fully saturated rings. The molecule has 9 nitrogen and oxygen atoms in total. The van der Waals surface area contributed by atoms with Crippen LogP contribution in [0.25, 0.3) is 0 Å². The SMILES string of the molecule is CC/C=C\C/C=C\C/C=C\C/C=C\C/C=C\C/C=C\CCCCCCCCCCCCCCCCCCCCCCC(=O)OC(COC(=O)CCCCCCC/C=C\CCC)COP(=O)(O)OCCN. The highest BCUT2D eigenvalue weighted by Crippen LogP contribution is 2.43. The number of unbranched alkanes of at least 4 members (excludes halogenated alkanes) is 26. The minimum absolute atomic E-state index is 0.0514. The van der Waals surface area contributed by atoms with Gasteiger partial charge in [-0.3, -0.25) is 18.6 Å². The van der Waals surface area contributed by atoms with Crippen molar-refractivity contribution in [3.8, 4) is 0 Å². The maximum atomic E-state index is 12.6. The van der Waals surface area contributed by atoms with Crippen LogP contribution in [0.2, 0.25) is 0 Å². The number of carbonyl (C=O) groups excluding carboxylic acids is 2. The fourth-order valence-electron chi connectivity index (χ4n) is 7.82. The Kier molecular flexibility index (Phi) is 53.3. The topological polar surface area (TPSA) is 134 Å². The third-order valence-electron chi connectivity index (χ3n) is 12.0. The predicted molar refractivity (Wildman–Crippen MR) is 298 cm³/mol. The summed E-state index contributed by atoms with van der Waals surface area (Å²) in [5, 5.41) is 0. The van der Waals surface area contributed by atoms with Crippen LogP contribution in [0.15, 0.2) is 85.1 Å². The van der Waals surface area contributed by atoms with E-state index >= 15 is 0 Å². The number of nitrogens with two attached hydrogens (primary N) is 1. The van der Waals surface area contributed by atoms with E-state index in [0.717, 1.165) is 103 Å². The van der Waals surface area contributed by atoms with Gasteiger partial charge in [0.15, 0.2) is 6.10 Å². The van der Waals surface area contributed by atoms with Crippen LogP contribution in [-0.2, 0) is 32.7 Å². The molecule has 0 radical (unpaired) electrons. The summed E-state index contributed by atoms with van der Waals surface area (Å²) < 4.78 is 32.9. The van der Waals surface area contributed by atoms with Crippen molar-refractivity contribution in [3.05, 3.63) is 85.1 Å². The highest BCUT2D eigenvalue weighted by atomic mass is 31.2. The lowest BCUT2D eigenvalue weighted by Crippen LogP contribution is -2.29. The number of phosphoric ester groups is 1. The van der Waals surface area contributed by atoms with Gasteiger partial charge in [-0.1, -0.05) is 240 Å². The largest absolute Gasteiger partial charge is 0.472 e. The molecule has 0 aromatic carbocycles. The molecular formula is C60H106NO8P. The van der Waals surface area contributed by atoms with E-state index in [0.29, 0.717) is 6.42 Å². The molecule has 10 heteroatoms. The molecule has 0 spiro atoms. The van der Waals surface area contributed by atoms with Gasteiger partial charge in [-0.15, -0.1) is 0 Å². The zero-order chi connectivity index (χ0) is 51.0. The quantitative estimate of drug-likeness (QED) is 0.0264. The highest BCUT2D eigenvalue weighted by Gasteiger charge is 2.26. The first kappa shape index (κ1) is 67.2. The number of phosphoric acid groups is 1. The maximum absolute atomic E-state index is 12.6. The smallest absolute Gasteiger partial charge is 0.462 e. The molecule has 0 saturated carbocycles. The standard InChI is InChI=1S/C60H106NO8P/c1-3-5-7-9-11-13-15-16-17-18-19-20-21-22-23-24-25-26-27-28-29-30-31-32-33-34-35-36-37-38-39-40-41-42-43-45-47-49-51-53-60(63)69-58(57-68-70(64,65)67-55-54-61)56-66-59(62)52-50-48-46-44-14-12-10-8-6-4-2/h5,7-8,10-11,13,16-17,19-20,22-23,25-26,58H,3-4,6,9,12,14-15,18,21,24,27-57,61H2,1-2H3,(H,64,65)/b7-5-,10-8-,13-11-,17-16-,20-19-,23-22-,26-25-. The number of ether oxygens (including phenoxy) is 2. The summed E-state index contributed by atoms with van der Waals surface area (Å²) in [5.41, 5.74) is 5.36. The molecule has 70 heavy (non-hydrogen) atoms. The minimum atomic E-state index is -4.38. The third kappa shape index (κ3) is 54.5. The highest BCUT2D eigenvalue weighted by molar-refractivity contribution is 7.47. The zero-order valence-corrected chi connectivity index (χ0v) is 45.9. The first-order valence-corrected chi connectivity index (χ1v) is 30.1. The van der Waals surface area contributed by atoms with E-state index in [1.54, 1.807) is 0 Å². The number of hydrogen-bond donors (Lipinski definition) is 2. The maximum Gasteiger partial charge on any atom is 0.472 e. The number of esters is 2. The van der Waals surface area contributed by atoms with Gasteiger partial charge in [0.25, 0.3) is 0 Å². The van der Waals surface area contributed by atoms with Crippen LogP contribution in [0.3, 0.4) is 0 Å². The Hall–Kier alpha value is -2.81. The van der Waals surface area contributed by atoms with Crippen molar-refractivity contribution in [3.63, 3.8) is 0 Å². The van der Waals surface area contributed by atoms with E-state index in [1.807, 2.05) is 0 Å². The van der Waals surface area contributed by atoms with Crippen LogP contribution in [0.5, 0.6) is 0 Å². The third-order valence-corrected chi connectivity index (χ3v) is 13.0. The second kappa shape index (κ2) is 55.5. The van der Waals surface area contributed by atoms with E-state index in [2.05, 4.69) is 98.9 Å². The Bertz CT molecular complexity index is 1420. The minimum Gasteiger partial charge on any atom is -0.462 e. The predicted octanol–water partition coefficient (Wildman–Crippen LogP) is 17.9. The molecule has 0 amide bonds. The molecule has 3 N–H and O–H groups in total. The van der Waals surface area contributed by atoms with Gasteiger partial charge in [-0.05, 0) is 83.5 Å². The molecule has 2 unspecified atom stereocenters. The van der Waals surface area contributed by atoms with Gasteiger partial charge in [0.2, 0.25) is 0 Å². The first-order valence-electron chi connectivity index (χ1n) is 28.6. The van der Waals surface area contributed by atoms with Crippen molar-refractivity contribution in [1.82, 2.24) is 0 Å². The number of allylic oxidation sites excluding steroid dienone is 14. The van der Waals surface area contributed by atoms with Crippen LogP contribution < -0.4 is 5.73 Å². The van der Waals surface area contributed by atoms with E-state index in [9.17, 15) is 19.0 Å². The molecule has 404 valence electrons. The van der Waals surface area contributed by atoms with Crippen molar-refractivity contribution in [1.29, 1.82) is 0 Å². The summed E-state index contributed by atoms with van der Waals surface area (Å²) in [6, 6.07) is 0. The van der Waals surface area contributed by atoms with Crippen molar-refractivity contribution < 1.29 is 37.6 Å². The first-order chi connectivity index (χ1) is 34.3. The molecule has 0 aromatic rings.